The minimum atomic E-state index is -3.03. The zero-order valence-electron chi connectivity index (χ0n) is 23.1. The van der Waals surface area contributed by atoms with Gasteiger partial charge in [-0.15, -0.1) is 0 Å². The van der Waals surface area contributed by atoms with Gasteiger partial charge in [0.25, 0.3) is 0 Å². The number of alkyl carbamates (subject to hydrolysis) is 1. The van der Waals surface area contributed by atoms with Crippen LogP contribution in [-0.4, -0.2) is 49.6 Å². The fourth-order valence-electron chi connectivity index (χ4n) is 4.88. The van der Waals surface area contributed by atoms with Crippen molar-refractivity contribution in [1.82, 2.24) is 5.32 Å². The zero-order valence-corrected chi connectivity index (χ0v) is 23.9. The van der Waals surface area contributed by atoms with Crippen LogP contribution in [0.15, 0.2) is 54.6 Å². The predicted molar refractivity (Wildman–Crippen MR) is 150 cm³/mol. The molecule has 0 heterocycles. The van der Waals surface area contributed by atoms with E-state index in [-0.39, 0.29) is 24.5 Å². The van der Waals surface area contributed by atoms with E-state index in [1.54, 1.807) is 57.2 Å². The van der Waals surface area contributed by atoms with E-state index in [4.69, 9.17) is 19.9 Å². The first-order chi connectivity index (χ1) is 18.4. The molecule has 0 spiro atoms. The Morgan fingerprint density at radius 1 is 1.03 bits per heavy atom. The van der Waals surface area contributed by atoms with Crippen LogP contribution in [0.2, 0.25) is 0 Å². The van der Waals surface area contributed by atoms with Crippen molar-refractivity contribution in [3.8, 4) is 5.75 Å². The number of aliphatic hydroxyl groups is 1. The SMILES string of the molecule is COc1ccc([C@](O)(C(OCC2CCCCC2)=S(=O)=O)[C@](N)(Cc2ccccc2)NC(=O)OC(C)(C)C)cc1. The van der Waals surface area contributed by atoms with E-state index in [1.165, 1.54) is 19.2 Å². The zero-order chi connectivity index (χ0) is 28.7. The van der Waals surface area contributed by atoms with Gasteiger partial charge in [-0.1, -0.05) is 61.7 Å². The van der Waals surface area contributed by atoms with E-state index in [1.807, 2.05) is 6.07 Å². The summed E-state index contributed by atoms with van der Waals surface area (Å²) in [6.45, 7) is 5.16. The molecule has 9 nitrogen and oxygen atoms in total. The third-order valence-corrected chi connectivity index (χ3v) is 7.54. The van der Waals surface area contributed by atoms with Crippen molar-refractivity contribution in [2.24, 2.45) is 11.7 Å². The molecule has 1 saturated carbocycles. The molecule has 1 aliphatic carbocycles. The molecule has 0 radical (unpaired) electrons. The monoisotopic (exact) mass is 560 g/mol. The lowest BCUT2D eigenvalue weighted by Gasteiger charge is -2.45. The van der Waals surface area contributed by atoms with Gasteiger partial charge in [-0.2, -0.15) is 8.42 Å². The average molecular weight is 561 g/mol. The first-order valence-corrected chi connectivity index (χ1v) is 14.3. The summed E-state index contributed by atoms with van der Waals surface area (Å²) in [5.74, 6) is 0.623. The van der Waals surface area contributed by atoms with Gasteiger partial charge in [0.05, 0.1) is 13.7 Å². The lowest BCUT2D eigenvalue weighted by atomic mass is 9.78. The van der Waals surface area contributed by atoms with Gasteiger partial charge in [0.1, 0.15) is 17.0 Å². The smallest absolute Gasteiger partial charge is 0.409 e. The third kappa shape index (κ3) is 7.82. The van der Waals surface area contributed by atoms with Crippen molar-refractivity contribution < 1.29 is 32.5 Å². The number of rotatable bonds is 9. The van der Waals surface area contributed by atoms with Gasteiger partial charge in [-0.3, -0.25) is 5.32 Å². The number of carbonyl (C=O) groups excluding carboxylic acids is 1. The highest BCUT2D eigenvalue weighted by molar-refractivity contribution is 7.72. The number of methoxy groups -OCH3 is 1. The fourth-order valence-corrected chi connectivity index (χ4v) is 5.58. The first-order valence-electron chi connectivity index (χ1n) is 13.2. The quantitative estimate of drug-likeness (QED) is 0.310. The summed E-state index contributed by atoms with van der Waals surface area (Å²) in [5, 5.41) is 14.5. The number of nitrogens with one attached hydrogen (secondary N) is 1. The summed E-state index contributed by atoms with van der Waals surface area (Å²) < 4.78 is 42.2. The number of hydrogen-bond donors (Lipinski definition) is 3. The standard InChI is InChI=1S/C29H40N2O7S/c1-27(2,3)38-26(32)31-28(30,19-21-11-7-5-8-12-21)29(33,23-15-17-24(36-4)18-16-23)25(39(34)35)37-20-22-13-9-6-10-14-22/h5,7-8,11-12,15-18,22,33H,6,9-10,13-14,19-20,30H2,1-4H3,(H,31,32)/t28-,29-/m0/s1. The van der Waals surface area contributed by atoms with E-state index < -0.39 is 38.3 Å². The molecule has 0 bridgehead atoms. The molecule has 4 N–H and O–H groups in total. The van der Waals surface area contributed by atoms with Crippen LogP contribution in [0.25, 0.3) is 0 Å². The number of nitrogens with two attached hydrogens (primary N) is 1. The highest BCUT2D eigenvalue weighted by Crippen LogP contribution is 2.36. The van der Waals surface area contributed by atoms with Crippen molar-refractivity contribution in [2.75, 3.05) is 13.7 Å². The Kier molecular flexibility index (Phi) is 10.2. The van der Waals surface area contributed by atoms with Crippen LogP contribution in [0.1, 0.15) is 64.0 Å². The highest BCUT2D eigenvalue weighted by atomic mass is 32.2. The highest BCUT2D eigenvalue weighted by Gasteiger charge is 2.56. The summed E-state index contributed by atoms with van der Waals surface area (Å²) in [5.41, 5.74) is 2.14. The van der Waals surface area contributed by atoms with Crippen LogP contribution in [0.3, 0.4) is 0 Å². The van der Waals surface area contributed by atoms with Gasteiger partial charge in [-0.25, -0.2) is 4.79 Å². The molecular formula is C29H40N2O7S. The van der Waals surface area contributed by atoms with Crippen LogP contribution in [0.5, 0.6) is 5.75 Å². The summed E-state index contributed by atoms with van der Waals surface area (Å²) in [6.07, 6.45) is 3.91. The van der Waals surface area contributed by atoms with Gasteiger partial charge in [0.2, 0.25) is 15.3 Å². The Morgan fingerprint density at radius 3 is 2.18 bits per heavy atom. The normalized spacial score (nSPS) is 17.4. The van der Waals surface area contributed by atoms with Crippen molar-refractivity contribution in [3.63, 3.8) is 0 Å². The van der Waals surface area contributed by atoms with E-state index >= 15 is 0 Å². The van der Waals surface area contributed by atoms with E-state index in [9.17, 15) is 18.3 Å². The second-order valence-electron chi connectivity index (χ2n) is 11.0. The molecule has 3 rings (SSSR count). The topological polar surface area (TPSA) is 137 Å². The van der Waals surface area contributed by atoms with E-state index in [0.717, 1.165) is 32.1 Å². The summed E-state index contributed by atoms with van der Waals surface area (Å²) in [7, 11) is -1.54. The molecule has 10 heteroatoms. The number of benzene rings is 2. The molecule has 0 unspecified atom stereocenters. The summed E-state index contributed by atoms with van der Waals surface area (Å²) in [4.78, 5) is 13.1. The number of ether oxygens (including phenoxy) is 3. The Hall–Kier alpha value is -2.92. The maximum absolute atomic E-state index is 13.1. The molecule has 2 atom stereocenters. The second kappa shape index (κ2) is 13.0. The minimum Gasteiger partial charge on any atom is -0.497 e. The van der Waals surface area contributed by atoms with E-state index in [0.29, 0.717) is 11.3 Å². The molecule has 0 saturated heterocycles. The van der Waals surface area contributed by atoms with Gasteiger partial charge >= 0.3 is 6.09 Å². The molecular weight excluding hydrogens is 520 g/mol. The molecule has 2 aromatic carbocycles. The number of hydrogen-bond acceptors (Lipinski definition) is 8. The molecule has 1 aliphatic rings. The van der Waals surface area contributed by atoms with Crippen molar-refractivity contribution >= 4 is 21.4 Å². The molecule has 0 aliphatic heterocycles. The van der Waals surface area contributed by atoms with Gasteiger partial charge in [0.15, 0.2) is 5.60 Å². The molecule has 0 aromatic heterocycles. The molecule has 214 valence electrons. The molecule has 2 aromatic rings. The Labute approximate surface area is 232 Å². The van der Waals surface area contributed by atoms with Crippen LogP contribution < -0.4 is 15.8 Å². The van der Waals surface area contributed by atoms with Crippen molar-refractivity contribution in [2.45, 2.75) is 76.2 Å². The lowest BCUT2D eigenvalue weighted by Crippen LogP contribution is -2.73. The Balaban J connectivity index is 2.17. The largest absolute Gasteiger partial charge is 0.497 e. The maximum atomic E-state index is 13.1. The van der Waals surface area contributed by atoms with Crippen LogP contribution in [0.4, 0.5) is 4.79 Å². The first kappa shape index (κ1) is 30.6. The van der Waals surface area contributed by atoms with Crippen LogP contribution in [-0.2, 0) is 31.8 Å². The van der Waals surface area contributed by atoms with Crippen molar-refractivity contribution in [1.29, 1.82) is 0 Å². The van der Waals surface area contributed by atoms with Gasteiger partial charge in [-0.05, 0) is 62.8 Å². The van der Waals surface area contributed by atoms with Gasteiger partial charge < -0.3 is 25.1 Å². The lowest BCUT2D eigenvalue weighted by molar-refractivity contribution is -0.0241. The predicted octanol–water partition coefficient (Wildman–Crippen LogP) is 3.91. The molecule has 39 heavy (non-hydrogen) atoms. The van der Waals surface area contributed by atoms with Crippen LogP contribution in [0, 0.1) is 5.92 Å². The maximum Gasteiger partial charge on any atom is 0.409 e. The third-order valence-electron chi connectivity index (χ3n) is 6.82. The van der Waals surface area contributed by atoms with Crippen LogP contribution >= 0.6 is 0 Å². The van der Waals surface area contributed by atoms with Crippen molar-refractivity contribution in [3.05, 3.63) is 65.7 Å². The summed E-state index contributed by atoms with van der Waals surface area (Å²) in [6, 6.07) is 15.1. The second-order valence-corrected chi connectivity index (χ2v) is 11.9. The summed E-state index contributed by atoms with van der Waals surface area (Å²) >= 11 is 0. The Morgan fingerprint density at radius 2 is 1.64 bits per heavy atom. The van der Waals surface area contributed by atoms with Gasteiger partial charge in [0, 0.05) is 6.42 Å². The van der Waals surface area contributed by atoms with E-state index in [2.05, 4.69) is 5.32 Å². The Bertz CT molecular complexity index is 1230. The molecule has 1 fully saturated rings. The number of amides is 1. The number of carbonyl (C=O) groups is 1. The average Bonchev–Trinajstić information content (AvgIpc) is 2.88. The molecule has 1 amide bonds. The minimum absolute atomic E-state index is 0.0929. The fraction of sp³-hybridized carbons (Fsp3) is 0.517.